The average molecular weight is 551 g/mol. The van der Waals surface area contributed by atoms with E-state index < -0.39 is 5.97 Å². The van der Waals surface area contributed by atoms with Gasteiger partial charge in [0, 0.05) is 17.0 Å². The second-order valence-corrected chi connectivity index (χ2v) is 10.8. The van der Waals surface area contributed by atoms with Gasteiger partial charge in [-0.05, 0) is 45.4 Å². The number of esters is 1. The minimum atomic E-state index is -0.492. The minimum Gasteiger partial charge on any atom is -0.483 e. The summed E-state index contributed by atoms with van der Waals surface area (Å²) in [5.41, 5.74) is 3.18. The van der Waals surface area contributed by atoms with Crippen LogP contribution in [0, 0.1) is 13.8 Å². The summed E-state index contributed by atoms with van der Waals surface area (Å²) in [6, 6.07) is 17.4. The molecule has 10 heteroatoms. The van der Waals surface area contributed by atoms with E-state index >= 15 is 0 Å². The van der Waals surface area contributed by atoms with Gasteiger partial charge < -0.3 is 19.4 Å². The molecule has 4 aromatic rings. The molecule has 0 radical (unpaired) electrons. The maximum absolute atomic E-state index is 13.0. The average Bonchev–Trinajstić information content (AvgIpc) is 3.48. The van der Waals surface area contributed by atoms with Gasteiger partial charge in [0.15, 0.2) is 17.1 Å². The molecule has 198 valence electrons. The zero-order chi connectivity index (χ0) is 27.2. The Morgan fingerprint density at radius 3 is 2.45 bits per heavy atom. The van der Waals surface area contributed by atoms with E-state index in [0.29, 0.717) is 28.1 Å². The van der Waals surface area contributed by atoms with Crippen LogP contribution in [0.1, 0.15) is 46.6 Å². The molecule has 0 fully saturated rings. The monoisotopic (exact) mass is 550 g/mol. The van der Waals surface area contributed by atoms with Gasteiger partial charge in [-0.15, -0.1) is 21.5 Å². The number of rotatable bonds is 10. The van der Waals surface area contributed by atoms with Crippen LogP contribution in [-0.4, -0.2) is 39.5 Å². The van der Waals surface area contributed by atoms with Crippen molar-refractivity contribution in [2.24, 2.45) is 0 Å². The van der Waals surface area contributed by atoms with E-state index in [-0.39, 0.29) is 17.8 Å². The summed E-state index contributed by atoms with van der Waals surface area (Å²) in [6.45, 7) is 8.51. The fourth-order valence-electron chi connectivity index (χ4n) is 4.05. The van der Waals surface area contributed by atoms with Crippen LogP contribution in [0.5, 0.6) is 5.75 Å². The molecule has 0 aliphatic carbocycles. The summed E-state index contributed by atoms with van der Waals surface area (Å²) in [4.78, 5) is 26.6. The van der Waals surface area contributed by atoms with E-state index in [4.69, 9.17) is 9.47 Å². The molecule has 2 heterocycles. The first-order valence-electron chi connectivity index (χ1n) is 12.2. The van der Waals surface area contributed by atoms with E-state index in [1.165, 1.54) is 30.2 Å². The molecular formula is C28H30N4O4S2. The molecule has 1 unspecified atom stereocenters. The topological polar surface area (TPSA) is 95.3 Å². The van der Waals surface area contributed by atoms with Crippen molar-refractivity contribution in [3.63, 3.8) is 0 Å². The fourth-order valence-corrected chi connectivity index (χ4v) is 5.94. The van der Waals surface area contributed by atoms with E-state index in [1.54, 1.807) is 0 Å². The summed E-state index contributed by atoms with van der Waals surface area (Å²) >= 11 is 2.64. The molecule has 38 heavy (non-hydrogen) atoms. The standard InChI is InChI=1S/C28H30N4O4S2/c1-6-32-25(18(3)36-21-14-12-17(2)13-15-21)30-31-28(32)37-16-22(33)29-26-24(27(34)35-5)23(19(4)38-26)20-10-8-7-9-11-20/h7-15,18H,6,16H2,1-5H3,(H,29,33). The number of thiophene rings is 1. The summed E-state index contributed by atoms with van der Waals surface area (Å²) in [5.74, 6) is 0.797. The predicted octanol–water partition coefficient (Wildman–Crippen LogP) is 6.30. The molecule has 0 spiro atoms. The molecule has 2 aromatic heterocycles. The normalized spacial score (nSPS) is 11.7. The van der Waals surface area contributed by atoms with Gasteiger partial charge in [-0.2, -0.15) is 0 Å². The van der Waals surface area contributed by atoms with Crippen LogP contribution in [0.15, 0.2) is 59.8 Å². The zero-order valence-corrected chi connectivity index (χ0v) is 23.6. The highest BCUT2D eigenvalue weighted by Crippen LogP contribution is 2.40. The smallest absolute Gasteiger partial charge is 0.341 e. The molecular weight excluding hydrogens is 520 g/mol. The van der Waals surface area contributed by atoms with Gasteiger partial charge in [0.2, 0.25) is 5.91 Å². The van der Waals surface area contributed by atoms with Gasteiger partial charge in [-0.25, -0.2) is 4.79 Å². The highest BCUT2D eigenvalue weighted by atomic mass is 32.2. The third-order valence-corrected chi connectivity index (χ3v) is 7.87. The number of nitrogens with one attached hydrogen (secondary N) is 1. The van der Waals surface area contributed by atoms with Crippen molar-refractivity contribution in [2.75, 3.05) is 18.2 Å². The third kappa shape index (κ3) is 6.08. The second kappa shape index (κ2) is 12.3. The van der Waals surface area contributed by atoms with Crippen molar-refractivity contribution in [3.8, 4) is 16.9 Å². The lowest BCUT2D eigenvalue weighted by atomic mass is 10.0. The molecule has 0 aliphatic heterocycles. The zero-order valence-electron chi connectivity index (χ0n) is 22.0. The Bertz CT molecular complexity index is 1410. The molecule has 1 atom stereocenters. The number of thioether (sulfide) groups is 1. The molecule has 0 saturated heterocycles. The van der Waals surface area contributed by atoms with Crippen LogP contribution in [-0.2, 0) is 16.1 Å². The van der Waals surface area contributed by atoms with Gasteiger partial charge in [0.25, 0.3) is 0 Å². The largest absolute Gasteiger partial charge is 0.483 e. The number of carbonyl (C=O) groups excluding carboxylic acids is 2. The Balaban J connectivity index is 1.47. The Kier molecular flexibility index (Phi) is 8.85. The number of aromatic nitrogens is 3. The van der Waals surface area contributed by atoms with Crippen LogP contribution in [0.25, 0.3) is 11.1 Å². The van der Waals surface area contributed by atoms with Crippen LogP contribution < -0.4 is 10.1 Å². The summed E-state index contributed by atoms with van der Waals surface area (Å²) < 4.78 is 13.0. The summed E-state index contributed by atoms with van der Waals surface area (Å²) in [7, 11) is 1.34. The molecule has 2 aromatic carbocycles. The van der Waals surface area contributed by atoms with Crippen LogP contribution in [0.4, 0.5) is 5.00 Å². The number of anilines is 1. The Morgan fingerprint density at radius 1 is 1.08 bits per heavy atom. The lowest BCUT2D eigenvalue weighted by Gasteiger charge is -2.15. The molecule has 8 nitrogen and oxygen atoms in total. The van der Waals surface area contributed by atoms with Crippen molar-refractivity contribution in [1.29, 1.82) is 0 Å². The van der Waals surface area contributed by atoms with Crippen molar-refractivity contribution in [1.82, 2.24) is 14.8 Å². The van der Waals surface area contributed by atoms with Crippen LogP contribution >= 0.6 is 23.1 Å². The number of amides is 1. The lowest BCUT2D eigenvalue weighted by molar-refractivity contribution is -0.113. The maximum atomic E-state index is 13.0. The van der Waals surface area contributed by atoms with Crippen LogP contribution in [0.3, 0.4) is 0 Å². The predicted molar refractivity (Wildman–Crippen MR) is 151 cm³/mol. The van der Waals surface area contributed by atoms with Gasteiger partial charge in [-0.3, -0.25) is 4.79 Å². The van der Waals surface area contributed by atoms with Gasteiger partial charge >= 0.3 is 5.97 Å². The van der Waals surface area contributed by atoms with E-state index in [1.807, 2.05) is 86.9 Å². The van der Waals surface area contributed by atoms with Gasteiger partial charge in [-0.1, -0.05) is 59.8 Å². The number of hydrogen-bond acceptors (Lipinski definition) is 8. The lowest BCUT2D eigenvalue weighted by Crippen LogP contribution is -2.17. The number of aryl methyl sites for hydroxylation is 2. The Hall–Kier alpha value is -3.63. The highest BCUT2D eigenvalue weighted by molar-refractivity contribution is 7.99. The molecule has 0 bridgehead atoms. The first kappa shape index (κ1) is 27.4. The third-order valence-electron chi connectivity index (χ3n) is 5.88. The first-order valence-corrected chi connectivity index (χ1v) is 14.0. The Morgan fingerprint density at radius 2 is 1.79 bits per heavy atom. The van der Waals surface area contributed by atoms with Crippen molar-refractivity contribution in [3.05, 3.63) is 76.4 Å². The molecule has 0 saturated carbocycles. The second-order valence-electron chi connectivity index (χ2n) is 8.59. The molecule has 4 rings (SSSR count). The number of nitrogens with zero attached hydrogens (tertiary/aromatic N) is 3. The van der Waals surface area contributed by atoms with Gasteiger partial charge in [0.05, 0.1) is 12.9 Å². The maximum Gasteiger partial charge on any atom is 0.341 e. The first-order chi connectivity index (χ1) is 18.3. The minimum absolute atomic E-state index is 0.101. The number of ether oxygens (including phenoxy) is 2. The highest BCUT2D eigenvalue weighted by Gasteiger charge is 2.25. The number of methoxy groups -OCH3 is 1. The van der Waals surface area contributed by atoms with E-state index in [9.17, 15) is 9.59 Å². The number of benzene rings is 2. The molecule has 0 aliphatic rings. The van der Waals surface area contributed by atoms with Gasteiger partial charge in [0.1, 0.15) is 16.3 Å². The summed E-state index contributed by atoms with van der Waals surface area (Å²) in [6.07, 6.45) is -0.318. The fraction of sp³-hybridized carbons (Fsp3) is 0.286. The van der Waals surface area contributed by atoms with Crippen molar-refractivity contribution >= 4 is 40.0 Å². The van der Waals surface area contributed by atoms with Crippen LogP contribution in [0.2, 0.25) is 0 Å². The number of hydrogen-bond donors (Lipinski definition) is 1. The van der Waals surface area contributed by atoms with Crippen molar-refractivity contribution < 1.29 is 19.1 Å². The summed E-state index contributed by atoms with van der Waals surface area (Å²) in [5, 5.41) is 12.6. The van der Waals surface area contributed by atoms with E-state index in [2.05, 4.69) is 15.5 Å². The SMILES string of the molecule is CCn1c(SCC(=O)Nc2sc(C)c(-c3ccccc3)c2C(=O)OC)nnc1C(C)Oc1ccc(C)cc1. The molecule has 1 N–H and O–H groups in total. The Labute approximate surface area is 230 Å². The quantitative estimate of drug-likeness (QED) is 0.183. The van der Waals surface area contributed by atoms with E-state index in [0.717, 1.165) is 27.3 Å². The van der Waals surface area contributed by atoms with Crippen molar-refractivity contribution in [2.45, 2.75) is 45.5 Å². The molecule has 1 amide bonds. The number of carbonyl (C=O) groups is 2.